The van der Waals surface area contributed by atoms with E-state index in [4.69, 9.17) is 9.47 Å². The van der Waals surface area contributed by atoms with Crippen molar-refractivity contribution in [2.45, 2.75) is 33.8 Å². The summed E-state index contributed by atoms with van der Waals surface area (Å²) in [5.74, 6) is 0.989. The number of aryl methyl sites for hydroxylation is 1. The van der Waals surface area contributed by atoms with Gasteiger partial charge in [0.2, 0.25) is 0 Å². The Morgan fingerprint density at radius 2 is 1.83 bits per heavy atom. The lowest BCUT2D eigenvalue weighted by Crippen LogP contribution is -2.22. The molecule has 182 valence electrons. The monoisotopic (exact) mass is 480 g/mol. The zero-order chi connectivity index (χ0) is 25.7. The molecule has 1 atom stereocenters. The van der Waals surface area contributed by atoms with E-state index >= 15 is 0 Å². The predicted octanol–water partition coefficient (Wildman–Crippen LogP) is 5.57. The number of aromatic nitrogens is 2. The molecule has 0 fully saturated rings. The van der Waals surface area contributed by atoms with Gasteiger partial charge in [-0.05, 0) is 81.3 Å². The van der Waals surface area contributed by atoms with E-state index in [2.05, 4.69) is 34.8 Å². The third kappa shape index (κ3) is 4.98. The Labute approximate surface area is 211 Å². The highest BCUT2D eigenvalue weighted by molar-refractivity contribution is 5.87. The van der Waals surface area contributed by atoms with Gasteiger partial charge in [-0.25, -0.2) is 0 Å². The highest BCUT2D eigenvalue weighted by Gasteiger charge is 2.25. The number of carbonyl (C=O) groups excluding carboxylic acids is 1. The van der Waals surface area contributed by atoms with Gasteiger partial charge in [-0.1, -0.05) is 0 Å². The number of rotatable bonds is 8. The predicted molar refractivity (Wildman–Crippen MR) is 140 cm³/mol. The quantitative estimate of drug-likeness (QED) is 0.308. The summed E-state index contributed by atoms with van der Waals surface area (Å²) in [5, 5.41) is 10.2. The fourth-order valence-electron chi connectivity index (χ4n) is 4.27. The molecule has 1 aromatic carbocycles. The van der Waals surface area contributed by atoms with Gasteiger partial charge in [0.15, 0.2) is 0 Å². The number of nitriles is 1. The third-order valence-corrected chi connectivity index (χ3v) is 6.19. The van der Waals surface area contributed by atoms with Crippen molar-refractivity contribution in [2.24, 2.45) is 0 Å². The van der Waals surface area contributed by atoms with E-state index in [-0.39, 0.29) is 0 Å². The van der Waals surface area contributed by atoms with Gasteiger partial charge in [-0.3, -0.25) is 14.8 Å². The maximum absolute atomic E-state index is 11.1. The standard InChI is InChI=1S/C29H28N4O3/c1-5-33(6-2)22-7-8-23-24(20(4)35-18-34)16-29(36-28(23)15-22)25(17-30)21-10-12-32-27(14-21)26-13-19(3)9-11-31-26/h7-16,18,20H,5-6H2,1-4H3/b29-25-. The summed E-state index contributed by atoms with van der Waals surface area (Å²) < 4.78 is 11.6. The van der Waals surface area contributed by atoms with Crippen LogP contribution in [0.1, 0.15) is 37.5 Å². The molecule has 0 saturated carbocycles. The summed E-state index contributed by atoms with van der Waals surface area (Å²) in [6, 6.07) is 15.7. The van der Waals surface area contributed by atoms with Gasteiger partial charge in [0.05, 0.1) is 11.4 Å². The smallest absolute Gasteiger partial charge is 0.293 e. The Kier molecular flexibility index (Phi) is 7.45. The van der Waals surface area contributed by atoms with Crippen molar-refractivity contribution in [3.05, 3.63) is 83.4 Å². The topological polar surface area (TPSA) is 88.3 Å². The molecule has 0 amide bonds. The number of fused-ring (bicyclic) bond motifs is 1. The number of carbonyl (C=O) groups is 1. The highest BCUT2D eigenvalue weighted by Crippen LogP contribution is 2.40. The van der Waals surface area contributed by atoms with Crippen LogP contribution in [-0.4, -0.2) is 35.6 Å². The molecular weight excluding hydrogens is 452 g/mol. The molecule has 4 rings (SSSR count). The van der Waals surface area contributed by atoms with Crippen LogP contribution in [0.3, 0.4) is 0 Å². The van der Waals surface area contributed by atoms with Crippen molar-refractivity contribution in [1.29, 1.82) is 5.26 Å². The zero-order valence-electron chi connectivity index (χ0n) is 20.9. The summed E-state index contributed by atoms with van der Waals surface area (Å²) in [6.45, 7) is 10.1. The van der Waals surface area contributed by atoms with Gasteiger partial charge in [-0.2, -0.15) is 5.26 Å². The van der Waals surface area contributed by atoms with Crippen LogP contribution in [-0.2, 0) is 9.53 Å². The van der Waals surface area contributed by atoms with Gasteiger partial charge < -0.3 is 14.4 Å². The molecule has 0 spiro atoms. The molecule has 3 aromatic rings. The van der Waals surface area contributed by atoms with Crippen molar-refractivity contribution in [3.8, 4) is 23.2 Å². The maximum Gasteiger partial charge on any atom is 0.293 e. The Morgan fingerprint density at radius 1 is 1.11 bits per heavy atom. The molecule has 0 radical (unpaired) electrons. The normalized spacial score (nSPS) is 14.5. The van der Waals surface area contributed by atoms with E-state index in [1.807, 2.05) is 43.3 Å². The molecule has 0 saturated heterocycles. The van der Waals surface area contributed by atoms with E-state index < -0.39 is 6.10 Å². The fourth-order valence-corrected chi connectivity index (χ4v) is 4.27. The summed E-state index contributed by atoms with van der Waals surface area (Å²) in [5.41, 5.74) is 6.04. The maximum atomic E-state index is 11.1. The minimum Gasteiger partial charge on any atom is -0.460 e. The molecule has 1 unspecified atom stereocenters. The van der Waals surface area contributed by atoms with Crippen molar-refractivity contribution in [2.75, 3.05) is 18.0 Å². The third-order valence-electron chi connectivity index (χ3n) is 6.19. The molecular formula is C29H28N4O3. The van der Waals surface area contributed by atoms with Crippen LogP contribution in [0.15, 0.2) is 66.7 Å². The van der Waals surface area contributed by atoms with Crippen LogP contribution < -0.4 is 9.64 Å². The van der Waals surface area contributed by atoms with E-state index in [9.17, 15) is 10.1 Å². The molecule has 7 heteroatoms. The van der Waals surface area contributed by atoms with Crippen LogP contribution in [0.5, 0.6) is 5.75 Å². The van der Waals surface area contributed by atoms with E-state index in [0.717, 1.165) is 41.2 Å². The van der Waals surface area contributed by atoms with E-state index in [1.54, 1.807) is 31.5 Å². The van der Waals surface area contributed by atoms with Gasteiger partial charge in [0.1, 0.15) is 29.3 Å². The molecule has 3 heterocycles. The Morgan fingerprint density at radius 3 is 2.50 bits per heavy atom. The van der Waals surface area contributed by atoms with Gasteiger partial charge in [0, 0.05) is 48.4 Å². The lowest BCUT2D eigenvalue weighted by Gasteiger charge is -2.27. The first kappa shape index (κ1) is 24.7. The number of ether oxygens (including phenoxy) is 2. The molecule has 36 heavy (non-hydrogen) atoms. The number of allylic oxidation sites excluding steroid dienone is 2. The van der Waals surface area contributed by atoms with Crippen molar-refractivity contribution >= 4 is 23.3 Å². The molecule has 0 bridgehead atoms. The molecule has 0 aliphatic carbocycles. The van der Waals surface area contributed by atoms with Crippen molar-refractivity contribution in [3.63, 3.8) is 0 Å². The molecule has 2 aromatic heterocycles. The summed E-state index contributed by atoms with van der Waals surface area (Å²) in [7, 11) is 0. The van der Waals surface area contributed by atoms with Crippen LogP contribution in [0, 0.1) is 18.3 Å². The summed E-state index contributed by atoms with van der Waals surface area (Å²) in [4.78, 5) is 22.2. The first-order chi connectivity index (χ1) is 17.5. The zero-order valence-corrected chi connectivity index (χ0v) is 20.9. The average molecular weight is 481 g/mol. The SMILES string of the molecule is CCN(CC)c1ccc2c(c1)O/C(=C(/C#N)c1ccnc(-c3cc(C)ccn3)c1)C=C2C(C)OC=O. The molecule has 7 nitrogen and oxygen atoms in total. The second-order valence-electron chi connectivity index (χ2n) is 8.43. The highest BCUT2D eigenvalue weighted by atomic mass is 16.5. The van der Waals surface area contributed by atoms with E-state index in [0.29, 0.717) is 34.8 Å². The Hall–Kier alpha value is -4.44. The van der Waals surface area contributed by atoms with Crippen molar-refractivity contribution < 1.29 is 14.3 Å². The molecule has 1 aliphatic heterocycles. The first-order valence-corrected chi connectivity index (χ1v) is 11.9. The second-order valence-corrected chi connectivity index (χ2v) is 8.43. The fraction of sp³-hybridized carbons (Fsp3) is 0.241. The first-order valence-electron chi connectivity index (χ1n) is 11.9. The number of nitrogens with zero attached hydrogens (tertiary/aromatic N) is 4. The van der Waals surface area contributed by atoms with Gasteiger partial charge >= 0.3 is 0 Å². The number of anilines is 1. The number of pyridine rings is 2. The largest absolute Gasteiger partial charge is 0.460 e. The van der Waals surface area contributed by atoms with E-state index in [1.165, 1.54) is 0 Å². The average Bonchev–Trinajstić information content (AvgIpc) is 2.89. The van der Waals surface area contributed by atoms with Crippen LogP contribution in [0.2, 0.25) is 0 Å². The van der Waals surface area contributed by atoms with Crippen LogP contribution >= 0.6 is 0 Å². The lowest BCUT2D eigenvalue weighted by atomic mass is 9.94. The summed E-state index contributed by atoms with van der Waals surface area (Å²) in [6.07, 6.45) is 4.64. The number of hydrogen-bond acceptors (Lipinski definition) is 7. The number of hydrogen-bond donors (Lipinski definition) is 0. The minimum absolute atomic E-state index is 0.348. The minimum atomic E-state index is -0.524. The Bertz CT molecular complexity index is 1380. The van der Waals surface area contributed by atoms with Crippen LogP contribution in [0.25, 0.3) is 22.5 Å². The molecule has 1 aliphatic rings. The van der Waals surface area contributed by atoms with Gasteiger partial charge in [-0.15, -0.1) is 0 Å². The number of benzene rings is 1. The Balaban J connectivity index is 1.85. The van der Waals surface area contributed by atoms with Gasteiger partial charge in [0.25, 0.3) is 6.47 Å². The van der Waals surface area contributed by atoms with Crippen LogP contribution in [0.4, 0.5) is 5.69 Å². The summed E-state index contributed by atoms with van der Waals surface area (Å²) >= 11 is 0. The lowest BCUT2D eigenvalue weighted by molar-refractivity contribution is -0.130. The second kappa shape index (κ2) is 10.9. The molecule has 0 N–H and O–H groups in total. The van der Waals surface area contributed by atoms with Crippen molar-refractivity contribution in [1.82, 2.24) is 9.97 Å².